The normalized spacial score (nSPS) is 18.4. The number of Topliss-reactive ketones (excluding diaryl/α,β-unsaturated/α-hetero) is 1. The number of aliphatic hydroxyl groups is 1. The fraction of sp³-hybridized carbons (Fsp3) is 0.130. The molecule has 5 nitrogen and oxygen atoms in total. The molecule has 29 heavy (non-hydrogen) atoms. The van der Waals surface area contributed by atoms with E-state index < -0.39 is 23.5 Å². The van der Waals surface area contributed by atoms with Crippen LogP contribution in [-0.4, -0.2) is 21.7 Å². The molecule has 0 aliphatic carbocycles. The number of nitrogens with zero attached hydrogens (tertiary/aromatic N) is 1. The van der Waals surface area contributed by atoms with Crippen LogP contribution >= 0.6 is 0 Å². The number of benzene rings is 2. The Morgan fingerprint density at radius 2 is 1.76 bits per heavy atom. The van der Waals surface area contributed by atoms with E-state index in [4.69, 9.17) is 4.42 Å². The molecule has 4 rings (SSSR count). The number of furan rings is 1. The van der Waals surface area contributed by atoms with E-state index in [-0.39, 0.29) is 17.9 Å². The van der Waals surface area contributed by atoms with E-state index in [1.807, 2.05) is 6.92 Å². The Balaban J connectivity index is 1.86. The molecule has 1 aliphatic heterocycles. The Bertz CT molecular complexity index is 1080. The standard InChI is InChI=1S/C23H18FNO4/c1-14-4-6-16(7-5-14)21(26)19-20(15-8-10-17(24)11-9-15)25(23(28)22(19)27)13-18-3-2-12-29-18/h2-12,20,26H,13H2,1H3/b21-19-. The van der Waals surface area contributed by atoms with Crippen molar-refractivity contribution in [3.8, 4) is 0 Å². The van der Waals surface area contributed by atoms with Gasteiger partial charge in [-0.15, -0.1) is 0 Å². The topological polar surface area (TPSA) is 70.8 Å². The summed E-state index contributed by atoms with van der Waals surface area (Å²) >= 11 is 0. The van der Waals surface area contributed by atoms with Crippen LogP contribution in [0.15, 0.2) is 76.9 Å². The molecule has 1 fully saturated rings. The minimum atomic E-state index is -0.859. The lowest BCUT2D eigenvalue weighted by Gasteiger charge is -2.24. The van der Waals surface area contributed by atoms with Gasteiger partial charge in [-0.3, -0.25) is 9.59 Å². The summed E-state index contributed by atoms with van der Waals surface area (Å²) in [6.07, 6.45) is 1.48. The minimum Gasteiger partial charge on any atom is -0.507 e. The quantitative estimate of drug-likeness (QED) is 0.408. The smallest absolute Gasteiger partial charge is 0.296 e. The van der Waals surface area contributed by atoms with Gasteiger partial charge in [-0.1, -0.05) is 42.0 Å². The lowest BCUT2D eigenvalue weighted by atomic mass is 9.95. The van der Waals surface area contributed by atoms with Crippen molar-refractivity contribution in [3.63, 3.8) is 0 Å². The molecule has 2 heterocycles. The molecule has 0 spiro atoms. The molecule has 1 aliphatic rings. The van der Waals surface area contributed by atoms with Gasteiger partial charge < -0.3 is 14.4 Å². The van der Waals surface area contributed by atoms with Gasteiger partial charge in [-0.2, -0.15) is 0 Å². The van der Waals surface area contributed by atoms with Crippen LogP contribution in [0.25, 0.3) is 5.76 Å². The van der Waals surface area contributed by atoms with Crippen molar-refractivity contribution in [1.82, 2.24) is 4.90 Å². The molecule has 6 heteroatoms. The monoisotopic (exact) mass is 391 g/mol. The first-order valence-corrected chi connectivity index (χ1v) is 9.09. The fourth-order valence-corrected chi connectivity index (χ4v) is 3.47. The summed E-state index contributed by atoms with van der Waals surface area (Å²) in [4.78, 5) is 27.0. The maximum atomic E-state index is 13.5. The first-order chi connectivity index (χ1) is 14.0. The Morgan fingerprint density at radius 3 is 2.38 bits per heavy atom. The number of hydrogen-bond acceptors (Lipinski definition) is 4. The van der Waals surface area contributed by atoms with Crippen molar-refractivity contribution in [2.75, 3.05) is 0 Å². The molecule has 3 aromatic rings. The second-order valence-electron chi connectivity index (χ2n) is 6.92. The van der Waals surface area contributed by atoms with Gasteiger partial charge in [-0.25, -0.2) is 4.39 Å². The molecule has 146 valence electrons. The molecular formula is C23H18FNO4. The van der Waals surface area contributed by atoms with E-state index >= 15 is 0 Å². The number of ketones is 1. The molecule has 1 aromatic heterocycles. The zero-order valence-electron chi connectivity index (χ0n) is 15.6. The number of carbonyl (C=O) groups is 2. The minimum absolute atomic E-state index is 0.0305. The average Bonchev–Trinajstić information content (AvgIpc) is 3.31. The first-order valence-electron chi connectivity index (χ1n) is 9.09. The summed E-state index contributed by atoms with van der Waals surface area (Å²) < 4.78 is 18.8. The summed E-state index contributed by atoms with van der Waals surface area (Å²) in [5, 5.41) is 10.9. The summed E-state index contributed by atoms with van der Waals surface area (Å²) in [6.45, 7) is 1.95. The van der Waals surface area contributed by atoms with Crippen LogP contribution < -0.4 is 0 Å². The van der Waals surface area contributed by atoms with Gasteiger partial charge in [0.25, 0.3) is 11.7 Å². The SMILES string of the molecule is Cc1ccc(/C(O)=C2/C(=O)C(=O)N(Cc3ccco3)C2c2ccc(F)cc2)cc1. The number of carbonyl (C=O) groups excluding carboxylic acids is 2. The van der Waals surface area contributed by atoms with E-state index in [2.05, 4.69) is 0 Å². The van der Waals surface area contributed by atoms with Gasteiger partial charge >= 0.3 is 0 Å². The van der Waals surface area contributed by atoms with Crippen molar-refractivity contribution in [1.29, 1.82) is 0 Å². The number of aliphatic hydroxyl groups excluding tert-OH is 1. The molecular weight excluding hydrogens is 373 g/mol. The van der Waals surface area contributed by atoms with Crippen molar-refractivity contribution >= 4 is 17.4 Å². The van der Waals surface area contributed by atoms with E-state index in [1.54, 1.807) is 36.4 Å². The van der Waals surface area contributed by atoms with E-state index in [9.17, 15) is 19.1 Å². The molecule has 1 atom stereocenters. The number of hydrogen-bond donors (Lipinski definition) is 1. The largest absolute Gasteiger partial charge is 0.507 e. The molecule has 0 radical (unpaired) electrons. The lowest BCUT2D eigenvalue weighted by Crippen LogP contribution is -2.29. The highest BCUT2D eigenvalue weighted by atomic mass is 19.1. The van der Waals surface area contributed by atoms with Crippen LogP contribution in [0, 0.1) is 12.7 Å². The summed E-state index contributed by atoms with van der Waals surface area (Å²) in [5.41, 5.74) is 1.91. The molecule has 1 N–H and O–H groups in total. The summed E-state index contributed by atoms with van der Waals surface area (Å²) in [7, 11) is 0. The van der Waals surface area contributed by atoms with Crippen LogP contribution in [0.2, 0.25) is 0 Å². The highest BCUT2D eigenvalue weighted by molar-refractivity contribution is 6.46. The van der Waals surface area contributed by atoms with Crippen LogP contribution in [-0.2, 0) is 16.1 Å². The van der Waals surface area contributed by atoms with Crippen molar-refractivity contribution < 1.29 is 23.5 Å². The third-order valence-electron chi connectivity index (χ3n) is 4.96. The van der Waals surface area contributed by atoms with Crippen LogP contribution in [0.4, 0.5) is 4.39 Å². The van der Waals surface area contributed by atoms with Crippen LogP contribution in [0.5, 0.6) is 0 Å². The number of amides is 1. The number of rotatable bonds is 4. The number of aryl methyl sites for hydroxylation is 1. The maximum Gasteiger partial charge on any atom is 0.296 e. The second kappa shape index (κ2) is 7.39. The molecule has 0 saturated carbocycles. The van der Waals surface area contributed by atoms with Gasteiger partial charge in [0.2, 0.25) is 0 Å². The average molecular weight is 391 g/mol. The van der Waals surface area contributed by atoms with Crippen molar-refractivity contribution in [2.45, 2.75) is 19.5 Å². The Morgan fingerprint density at radius 1 is 1.07 bits per heavy atom. The van der Waals surface area contributed by atoms with Crippen LogP contribution in [0.3, 0.4) is 0 Å². The third-order valence-corrected chi connectivity index (χ3v) is 4.96. The first kappa shape index (κ1) is 18.7. The van der Waals surface area contributed by atoms with Gasteiger partial charge in [0.05, 0.1) is 24.4 Å². The third kappa shape index (κ3) is 3.45. The maximum absolute atomic E-state index is 13.5. The zero-order chi connectivity index (χ0) is 20.5. The van der Waals surface area contributed by atoms with E-state index in [1.165, 1.54) is 35.4 Å². The molecule has 2 aromatic carbocycles. The van der Waals surface area contributed by atoms with Gasteiger partial charge in [0.1, 0.15) is 17.3 Å². The Labute approximate surface area is 166 Å². The Hall–Kier alpha value is -3.67. The summed E-state index contributed by atoms with van der Waals surface area (Å²) in [6, 6.07) is 15.0. The molecule has 0 bridgehead atoms. The van der Waals surface area contributed by atoms with Gasteiger partial charge in [-0.05, 0) is 36.8 Å². The second-order valence-corrected chi connectivity index (χ2v) is 6.92. The van der Waals surface area contributed by atoms with Crippen molar-refractivity contribution in [2.24, 2.45) is 0 Å². The van der Waals surface area contributed by atoms with Gasteiger partial charge in [0.15, 0.2) is 0 Å². The van der Waals surface area contributed by atoms with E-state index in [0.717, 1.165) is 5.56 Å². The van der Waals surface area contributed by atoms with E-state index in [0.29, 0.717) is 16.9 Å². The lowest BCUT2D eigenvalue weighted by molar-refractivity contribution is -0.140. The highest BCUT2D eigenvalue weighted by Gasteiger charge is 2.46. The van der Waals surface area contributed by atoms with Gasteiger partial charge in [0, 0.05) is 5.56 Å². The Kier molecular flexibility index (Phi) is 4.76. The molecule has 1 unspecified atom stereocenters. The number of likely N-dealkylation sites (tertiary alicyclic amines) is 1. The zero-order valence-corrected chi connectivity index (χ0v) is 15.6. The predicted octanol–water partition coefficient (Wildman–Crippen LogP) is 4.35. The summed E-state index contributed by atoms with van der Waals surface area (Å²) in [5.74, 6) is -1.74. The molecule has 1 saturated heterocycles. The molecule has 1 amide bonds. The highest BCUT2D eigenvalue weighted by Crippen LogP contribution is 2.40. The fourth-order valence-electron chi connectivity index (χ4n) is 3.47. The van der Waals surface area contributed by atoms with Crippen LogP contribution in [0.1, 0.15) is 28.5 Å². The van der Waals surface area contributed by atoms with Crippen molar-refractivity contribution in [3.05, 3.63) is 101 Å². The predicted molar refractivity (Wildman–Crippen MR) is 104 cm³/mol. The number of halogens is 1.